The number of hydrogen-bond acceptors (Lipinski definition) is 5. The van der Waals surface area contributed by atoms with E-state index < -0.39 is 5.97 Å². The third-order valence-corrected chi connectivity index (χ3v) is 4.78. The van der Waals surface area contributed by atoms with Gasteiger partial charge in [0.1, 0.15) is 12.4 Å². The van der Waals surface area contributed by atoms with Gasteiger partial charge in [-0.05, 0) is 35.7 Å². The largest absolute Gasteiger partial charge is 0.493 e. The van der Waals surface area contributed by atoms with E-state index in [2.05, 4.69) is 5.32 Å². The van der Waals surface area contributed by atoms with E-state index >= 15 is 0 Å². The molecule has 0 saturated carbocycles. The monoisotopic (exact) mass is 433 g/mol. The van der Waals surface area contributed by atoms with Crippen LogP contribution in [-0.2, 0) is 29.0 Å². The van der Waals surface area contributed by atoms with Gasteiger partial charge >= 0.3 is 5.97 Å². The van der Waals surface area contributed by atoms with Crippen LogP contribution < -0.4 is 19.5 Å². The summed E-state index contributed by atoms with van der Waals surface area (Å²) in [5.74, 6) is 1.18. The van der Waals surface area contributed by atoms with Crippen molar-refractivity contribution in [2.75, 3.05) is 13.7 Å². The van der Waals surface area contributed by atoms with Crippen molar-refractivity contribution in [1.82, 2.24) is 5.32 Å². The molecule has 0 heterocycles. The Balaban J connectivity index is 1.54. The molecule has 0 fully saturated rings. The molecule has 0 aromatic heterocycles. The summed E-state index contributed by atoms with van der Waals surface area (Å²) >= 11 is 0. The van der Waals surface area contributed by atoms with Crippen LogP contribution in [0.5, 0.6) is 17.2 Å². The number of benzene rings is 3. The molecule has 166 valence electrons. The highest BCUT2D eigenvalue weighted by molar-refractivity contribution is 5.80. The fourth-order valence-corrected chi connectivity index (χ4v) is 3.21. The number of ether oxygens (including phenoxy) is 3. The summed E-state index contributed by atoms with van der Waals surface area (Å²) in [7, 11) is 1.61. The van der Waals surface area contributed by atoms with Crippen molar-refractivity contribution in [3.05, 3.63) is 89.5 Å². The van der Waals surface area contributed by atoms with Crippen LogP contribution in [0.3, 0.4) is 0 Å². The first-order valence-corrected chi connectivity index (χ1v) is 10.4. The first-order chi connectivity index (χ1) is 15.5. The fraction of sp³-hybridized carbons (Fsp3) is 0.231. The lowest BCUT2D eigenvalue weighted by Crippen LogP contribution is -2.27. The average Bonchev–Trinajstić information content (AvgIpc) is 2.79. The predicted octanol–water partition coefficient (Wildman–Crippen LogP) is 4.10. The number of hydrogen-bond donors (Lipinski definition) is 1. The van der Waals surface area contributed by atoms with Crippen LogP contribution in [0.4, 0.5) is 0 Å². The molecule has 6 nitrogen and oxygen atoms in total. The van der Waals surface area contributed by atoms with E-state index in [1.54, 1.807) is 25.3 Å². The summed E-state index contributed by atoms with van der Waals surface area (Å²) in [5, 5.41) is 2.91. The smallest absolute Gasteiger partial charge is 0.308 e. The lowest BCUT2D eigenvalue weighted by molar-refractivity contribution is -0.132. The lowest BCUT2D eigenvalue weighted by Gasteiger charge is -2.13. The molecule has 3 aromatic carbocycles. The minimum absolute atomic E-state index is 0.136. The molecule has 32 heavy (non-hydrogen) atoms. The Hall–Kier alpha value is -3.80. The fourth-order valence-electron chi connectivity index (χ4n) is 3.21. The Morgan fingerprint density at radius 1 is 0.844 bits per heavy atom. The number of carbonyl (C=O) groups excluding carboxylic acids is 2. The second kappa shape index (κ2) is 11.6. The zero-order valence-corrected chi connectivity index (χ0v) is 18.3. The number of para-hydroxylation sites is 1. The molecule has 3 rings (SSSR count). The molecule has 0 aliphatic heterocycles. The van der Waals surface area contributed by atoms with Crippen molar-refractivity contribution in [3.63, 3.8) is 0 Å². The number of amides is 1. The summed E-state index contributed by atoms with van der Waals surface area (Å²) in [5.41, 5.74) is 2.76. The summed E-state index contributed by atoms with van der Waals surface area (Å²) in [6.07, 6.45) is 0.778. The van der Waals surface area contributed by atoms with Crippen molar-refractivity contribution in [2.24, 2.45) is 0 Å². The molecule has 6 heteroatoms. The van der Waals surface area contributed by atoms with E-state index in [9.17, 15) is 9.59 Å². The molecule has 3 aromatic rings. The molecule has 0 aliphatic rings. The van der Waals surface area contributed by atoms with Gasteiger partial charge in [-0.15, -0.1) is 0 Å². The maximum absolute atomic E-state index is 12.4. The van der Waals surface area contributed by atoms with Crippen LogP contribution in [0, 0.1) is 0 Å². The van der Waals surface area contributed by atoms with Gasteiger partial charge in [-0.2, -0.15) is 0 Å². The van der Waals surface area contributed by atoms with Crippen molar-refractivity contribution in [3.8, 4) is 17.2 Å². The van der Waals surface area contributed by atoms with Crippen molar-refractivity contribution < 1.29 is 23.8 Å². The highest BCUT2D eigenvalue weighted by Crippen LogP contribution is 2.29. The summed E-state index contributed by atoms with van der Waals surface area (Å²) in [6, 6.07) is 22.7. The number of carbonyl (C=O) groups is 2. The molecule has 0 saturated heterocycles. The second-order valence-corrected chi connectivity index (χ2v) is 7.24. The Bertz CT molecular complexity index is 1050. The third kappa shape index (κ3) is 6.87. The maximum atomic E-state index is 12.4. The first kappa shape index (κ1) is 22.9. The van der Waals surface area contributed by atoms with E-state index in [1.807, 2.05) is 54.6 Å². The van der Waals surface area contributed by atoms with Crippen LogP contribution in [0.25, 0.3) is 0 Å². The first-order valence-electron chi connectivity index (χ1n) is 10.4. The number of esters is 1. The second-order valence-electron chi connectivity index (χ2n) is 7.24. The van der Waals surface area contributed by atoms with Gasteiger partial charge in [0.05, 0.1) is 13.5 Å². The molecule has 0 spiro atoms. The Morgan fingerprint density at radius 3 is 2.34 bits per heavy atom. The lowest BCUT2D eigenvalue weighted by atomic mass is 10.1. The zero-order chi connectivity index (χ0) is 22.8. The van der Waals surface area contributed by atoms with Crippen LogP contribution in [-0.4, -0.2) is 25.5 Å². The molecular weight excluding hydrogens is 406 g/mol. The minimum atomic E-state index is -0.414. The molecule has 0 bridgehead atoms. The van der Waals surface area contributed by atoms with Gasteiger partial charge in [-0.1, -0.05) is 54.6 Å². The molecule has 1 N–H and O–H groups in total. The van der Waals surface area contributed by atoms with E-state index in [-0.39, 0.29) is 12.3 Å². The Morgan fingerprint density at radius 2 is 1.59 bits per heavy atom. The van der Waals surface area contributed by atoms with Crippen molar-refractivity contribution >= 4 is 11.9 Å². The van der Waals surface area contributed by atoms with Gasteiger partial charge in [-0.3, -0.25) is 9.59 Å². The van der Waals surface area contributed by atoms with Crippen molar-refractivity contribution in [2.45, 2.75) is 26.4 Å². The van der Waals surface area contributed by atoms with E-state index in [4.69, 9.17) is 14.2 Å². The molecule has 1 amide bonds. The molecule has 0 radical (unpaired) electrons. The van der Waals surface area contributed by atoms with Gasteiger partial charge in [0.25, 0.3) is 0 Å². The summed E-state index contributed by atoms with van der Waals surface area (Å²) in [6.45, 7) is 2.25. The summed E-state index contributed by atoms with van der Waals surface area (Å²) < 4.78 is 16.5. The van der Waals surface area contributed by atoms with Gasteiger partial charge in [-0.25, -0.2) is 0 Å². The Labute approximate surface area is 188 Å². The quantitative estimate of drug-likeness (QED) is 0.385. The van der Waals surface area contributed by atoms with E-state index in [1.165, 1.54) is 6.92 Å². The number of nitrogens with one attached hydrogen (secondary N) is 1. The van der Waals surface area contributed by atoms with Crippen LogP contribution in [0.1, 0.15) is 23.6 Å². The van der Waals surface area contributed by atoms with Crippen LogP contribution in [0.15, 0.2) is 72.8 Å². The topological polar surface area (TPSA) is 73.9 Å². The SMILES string of the molecule is COc1ccc(CCNC(=O)Cc2ccccc2OC(C)=O)cc1OCc1ccccc1. The summed E-state index contributed by atoms with van der Waals surface area (Å²) in [4.78, 5) is 23.6. The highest BCUT2D eigenvalue weighted by Gasteiger charge is 2.11. The Kier molecular flexibility index (Phi) is 8.26. The van der Waals surface area contributed by atoms with E-state index in [0.717, 1.165) is 11.1 Å². The van der Waals surface area contributed by atoms with Crippen molar-refractivity contribution in [1.29, 1.82) is 0 Å². The van der Waals surface area contributed by atoms with Crippen LogP contribution in [0.2, 0.25) is 0 Å². The van der Waals surface area contributed by atoms with Crippen LogP contribution >= 0.6 is 0 Å². The van der Waals surface area contributed by atoms with Gasteiger partial charge in [0, 0.05) is 19.0 Å². The average molecular weight is 434 g/mol. The standard InChI is InChI=1S/C26H27NO5/c1-19(28)32-23-11-7-6-10-22(23)17-26(29)27-15-14-20-12-13-24(30-2)25(16-20)31-18-21-8-4-3-5-9-21/h3-13,16H,14-15,17-18H2,1-2H3,(H,27,29). The van der Waals surface area contributed by atoms with Gasteiger partial charge in [0.2, 0.25) is 5.91 Å². The third-order valence-electron chi connectivity index (χ3n) is 4.78. The normalized spacial score (nSPS) is 10.3. The molecule has 0 aliphatic carbocycles. The number of methoxy groups -OCH3 is 1. The molecule has 0 unspecified atom stereocenters. The van der Waals surface area contributed by atoms with E-state index in [0.29, 0.717) is 42.4 Å². The number of rotatable bonds is 10. The minimum Gasteiger partial charge on any atom is -0.493 e. The highest BCUT2D eigenvalue weighted by atomic mass is 16.5. The van der Waals surface area contributed by atoms with Gasteiger partial charge in [0.15, 0.2) is 11.5 Å². The maximum Gasteiger partial charge on any atom is 0.308 e. The zero-order valence-electron chi connectivity index (χ0n) is 18.3. The molecule has 0 atom stereocenters. The molecular formula is C26H27NO5. The predicted molar refractivity (Wildman–Crippen MR) is 122 cm³/mol. The van der Waals surface area contributed by atoms with Gasteiger partial charge < -0.3 is 19.5 Å².